The quantitative estimate of drug-likeness (QED) is 0.600. The number of sulfonamides is 1. The molecule has 158 valence electrons. The van der Waals surface area contributed by atoms with Crippen molar-refractivity contribution in [2.45, 2.75) is 32.9 Å². The molecule has 8 heteroatoms. The summed E-state index contributed by atoms with van der Waals surface area (Å²) >= 11 is 0. The maximum atomic E-state index is 12.9. The topological polar surface area (TPSA) is 84.3 Å². The minimum Gasteiger partial charge on any atom is -0.350 e. The lowest BCUT2D eigenvalue weighted by Crippen LogP contribution is -2.49. The zero-order valence-corrected chi connectivity index (χ0v) is 18.1. The average molecular weight is 427 g/mol. The zero-order chi connectivity index (χ0) is 21.7. The first-order valence-corrected chi connectivity index (χ1v) is 11.6. The third kappa shape index (κ3) is 4.88. The van der Waals surface area contributed by atoms with E-state index in [1.54, 1.807) is 43.5 Å². The van der Waals surface area contributed by atoms with E-state index in [2.05, 4.69) is 10.3 Å². The fourth-order valence-electron chi connectivity index (χ4n) is 3.37. The molecule has 0 bridgehead atoms. The van der Waals surface area contributed by atoms with Crippen LogP contribution in [0, 0.1) is 6.92 Å². The standard InChI is InChI=1S/C22H26N4O3S/c1-4-21(26(30(3,28)29)20-8-6-5-7-9-20)22(27)24-16-18-10-12-19(13-11-18)25-15-14-23-17(25)2/h5-15,21H,4,16H2,1-3H3,(H,24,27)/t21-/m1/s1. The lowest BCUT2D eigenvalue weighted by molar-refractivity contribution is -0.122. The minimum atomic E-state index is -3.63. The molecule has 1 aromatic heterocycles. The number of imidazole rings is 1. The maximum absolute atomic E-state index is 12.9. The molecule has 1 atom stereocenters. The Morgan fingerprint density at radius 2 is 1.80 bits per heavy atom. The van der Waals surface area contributed by atoms with E-state index in [0.717, 1.165) is 23.3 Å². The number of nitrogens with one attached hydrogen (secondary N) is 1. The molecule has 0 unspecified atom stereocenters. The monoisotopic (exact) mass is 426 g/mol. The van der Waals surface area contributed by atoms with Crippen LogP contribution >= 0.6 is 0 Å². The number of aryl methyl sites for hydroxylation is 1. The van der Waals surface area contributed by atoms with Gasteiger partial charge in [0, 0.05) is 24.6 Å². The van der Waals surface area contributed by atoms with Crippen LogP contribution in [0.3, 0.4) is 0 Å². The highest BCUT2D eigenvalue weighted by molar-refractivity contribution is 7.92. The highest BCUT2D eigenvalue weighted by Crippen LogP contribution is 2.22. The van der Waals surface area contributed by atoms with Gasteiger partial charge in [0.2, 0.25) is 15.9 Å². The molecule has 1 amide bonds. The molecule has 7 nitrogen and oxygen atoms in total. The Kier molecular flexibility index (Phi) is 6.56. The predicted octanol–water partition coefficient (Wildman–Crippen LogP) is 3.04. The zero-order valence-electron chi connectivity index (χ0n) is 17.3. The summed E-state index contributed by atoms with van der Waals surface area (Å²) in [5.41, 5.74) is 2.38. The number of para-hydroxylation sites is 1. The van der Waals surface area contributed by atoms with Crippen LogP contribution in [0.4, 0.5) is 5.69 Å². The summed E-state index contributed by atoms with van der Waals surface area (Å²) in [6.07, 6.45) is 5.11. The van der Waals surface area contributed by atoms with Crippen LogP contribution in [-0.4, -0.2) is 36.2 Å². The SMILES string of the molecule is CC[C@H](C(=O)NCc1ccc(-n2ccnc2C)cc1)N(c1ccccc1)S(C)(=O)=O. The van der Waals surface area contributed by atoms with Crippen LogP contribution in [0.5, 0.6) is 0 Å². The molecule has 3 rings (SSSR count). The van der Waals surface area contributed by atoms with Crippen molar-refractivity contribution in [3.05, 3.63) is 78.4 Å². The normalized spacial score (nSPS) is 12.4. The second-order valence-corrected chi connectivity index (χ2v) is 8.91. The van der Waals surface area contributed by atoms with Gasteiger partial charge >= 0.3 is 0 Å². The van der Waals surface area contributed by atoms with Gasteiger partial charge in [-0.05, 0) is 43.2 Å². The summed E-state index contributed by atoms with van der Waals surface area (Å²) in [6, 6.07) is 15.6. The molecule has 3 aromatic rings. The van der Waals surface area contributed by atoms with Gasteiger partial charge in [-0.2, -0.15) is 0 Å². The van der Waals surface area contributed by atoms with E-state index in [-0.39, 0.29) is 5.91 Å². The van der Waals surface area contributed by atoms with Crippen LogP contribution in [0.2, 0.25) is 0 Å². The van der Waals surface area contributed by atoms with Crippen LogP contribution in [0.1, 0.15) is 24.7 Å². The number of hydrogen-bond donors (Lipinski definition) is 1. The largest absolute Gasteiger partial charge is 0.350 e. The fourth-order valence-corrected chi connectivity index (χ4v) is 4.58. The van der Waals surface area contributed by atoms with Gasteiger partial charge in [0.1, 0.15) is 11.9 Å². The number of benzene rings is 2. The minimum absolute atomic E-state index is 0.310. The van der Waals surface area contributed by atoms with Crippen LogP contribution in [0.15, 0.2) is 67.0 Å². The highest BCUT2D eigenvalue weighted by atomic mass is 32.2. The Morgan fingerprint density at radius 1 is 1.13 bits per heavy atom. The van der Waals surface area contributed by atoms with Crippen molar-refractivity contribution in [2.75, 3.05) is 10.6 Å². The van der Waals surface area contributed by atoms with Gasteiger partial charge in [-0.1, -0.05) is 37.3 Å². The smallest absolute Gasteiger partial charge is 0.244 e. The number of nitrogens with zero attached hydrogens (tertiary/aromatic N) is 3. The molecule has 0 spiro atoms. The first-order valence-electron chi connectivity index (χ1n) is 9.72. The number of carbonyl (C=O) groups excluding carboxylic acids is 1. The van der Waals surface area contributed by atoms with E-state index in [0.29, 0.717) is 18.7 Å². The molecule has 0 fully saturated rings. The molecule has 0 aliphatic rings. The van der Waals surface area contributed by atoms with Gasteiger partial charge in [-0.3, -0.25) is 9.10 Å². The summed E-state index contributed by atoms with van der Waals surface area (Å²) in [6.45, 7) is 4.04. The molecule has 0 saturated heterocycles. The van der Waals surface area contributed by atoms with Crippen molar-refractivity contribution in [3.8, 4) is 5.69 Å². The molecule has 1 N–H and O–H groups in total. The van der Waals surface area contributed by atoms with Crippen LogP contribution in [-0.2, 0) is 21.4 Å². The molecule has 30 heavy (non-hydrogen) atoms. The summed E-state index contributed by atoms with van der Waals surface area (Å²) in [7, 11) is -3.63. The van der Waals surface area contributed by atoms with Gasteiger partial charge < -0.3 is 9.88 Å². The molecule has 0 aliphatic heterocycles. The van der Waals surface area contributed by atoms with Crippen molar-refractivity contribution < 1.29 is 13.2 Å². The molecule has 1 heterocycles. The van der Waals surface area contributed by atoms with Crippen molar-refractivity contribution in [3.63, 3.8) is 0 Å². The number of amides is 1. The van der Waals surface area contributed by atoms with E-state index in [1.807, 2.05) is 42.0 Å². The molecular formula is C22H26N4O3S. The first-order chi connectivity index (χ1) is 14.3. The summed E-state index contributed by atoms with van der Waals surface area (Å²) in [4.78, 5) is 17.1. The van der Waals surface area contributed by atoms with Crippen LogP contribution < -0.4 is 9.62 Å². The Hall–Kier alpha value is -3.13. The van der Waals surface area contributed by atoms with Crippen molar-refractivity contribution in [2.24, 2.45) is 0 Å². The molecule has 2 aromatic carbocycles. The van der Waals surface area contributed by atoms with Crippen molar-refractivity contribution >= 4 is 21.6 Å². The van der Waals surface area contributed by atoms with E-state index < -0.39 is 16.1 Å². The Bertz CT molecular complexity index is 1090. The molecule has 0 aliphatic carbocycles. The Balaban J connectivity index is 1.72. The summed E-state index contributed by atoms with van der Waals surface area (Å²) in [5.74, 6) is 0.560. The predicted molar refractivity (Wildman–Crippen MR) is 118 cm³/mol. The lowest BCUT2D eigenvalue weighted by atomic mass is 10.1. The van der Waals surface area contributed by atoms with Crippen molar-refractivity contribution in [1.29, 1.82) is 0 Å². The third-order valence-corrected chi connectivity index (χ3v) is 6.03. The first kappa shape index (κ1) is 21.6. The van der Waals surface area contributed by atoms with Gasteiger partial charge in [0.15, 0.2) is 0 Å². The van der Waals surface area contributed by atoms with Gasteiger partial charge in [-0.15, -0.1) is 0 Å². The molecular weight excluding hydrogens is 400 g/mol. The Labute approximate surface area is 177 Å². The van der Waals surface area contributed by atoms with Crippen LogP contribution in [0.25, 0.3) is 5.69 Å². The number of carbonyl (C=O) groups is 1. The highest BCUT2D eigenvalue weighted by Gasteiger charge is 2.31. The fraction of sp³-hybridized carbons (Fsp3) is 0.273. The molecule has 0 radical (unpaired) electrons. The third-order valence-electron chi connectivity index (χ3n) is 4.85. The van der Waals surface area contributed by atoms with E-state index in [9.17, 15) is 13.2 Å². The van der Waals surface area contributed by atoms with E-state index in [1.165, 1.54) is 4.31 Å². The summed E-state index contributed by atoms with van der Waals surface area (Å²) < 4.78 is 28.0. The maximum Gasteiger partial charge on any atom is 0.244 e. The average Bonchev–Trinajstić information content (AvgIpc) is 3.16. The number of anilines is 1. The summed E-state index contributed by atoms with van der Waals surface area (Å²) in [5, 5.41) is 2.87. The van der Waals surface area contributed by atoms with Crippen molar-refractivity contribution in [1.82, 2.24) is 14.9 Å². The van der Waals surface area contributed by atoms with E-state index in [4.69, 9.17) is 0 Å². The van der Waals surface area contributed by atoms with Gasteiger partial charge in [-0.25, -0.2) is 13.4 Å². The van der Waals surface area contributed by atoms with E-state index >= 15 is 0 Å². The van der Waals surface area contributed by atoms with Gasteiger partial charge in [0.05, 0.1) is 11.9 Å². The Morgan fingerprint density at radius 3 is 2.33 bits per heavy atom. The van der Waals surface area contributed by atoms with Gasteiger partial charge in [0.25, 0.3) is 0 Å². The second kappa shape index (κ2) is 9.13. The number of hydrogen-bond acceptors (Lipinski definition) is 4. The molecule has 0 saturated carbocycles. The number of rotatable bonds is 8. The lowest BCUT2D eigenvalue weighted by Gasteiger charge is -2.30. The number of aromatic nitrogens is 2. The second-order valence-electron chi connectivity index (χ2n) is 7.05.